The number of carbonyl (C=O) groups excluding carboxylic acids is 1. The number of hydrogen-bond donors (Lipinski definition) is 1. The summed E-state index contributed by atoms with van der Waals surface area (Å²) in [4.78, 5) is 14.2. The highest BCUT2D eigenvalue weighted by Gasteiger charge is 2.31. The van der Waals surface area contributed by atoms with Crippen molar-refractivity contribution >= 4 is 21.6 Å². The van der Waals surface area contributed by atoms with Gasteiger partial charge >= 0.3 is 0 Å². The van der Waals surface area contributed by atoms with Gasteiger partial charge in [-0.25, -0.2) is 21.5 Å². The fourth-order valence-corrected chi connectivity index (χ4v) is 3.65. The summed E-state index contributed by atoms with van der Waals surface area (Å²) in [6, 6.07) is 2.38. The Balaban J connectivity index is 1.93. The first-order valence-corrected chi connectivity index (χ1v) is 9.87. The second-order valence-corrected chi connectivity index (χ2v) is 8.38. The molecule has 1 aromatic carbocycles. The van der Waals surface area contributed by atoms with Crippen molar-refractivity contribution in [3.05, 3.63) is 29.8 Å². The molecule has 0 spiro atoms. The van der Waals surface area contributed by atoms with Gasteiger partial charge in [-0.1, -0.05) is 0 Å². The number of sulfonamides is 1. The van der Waals surface area contributed by atoms with Crippen LogP contribution in [0.2, 0.25) is 0 Å². The highest BCUT2D eigenvalue weighted by molar-refractivity contribution is 7.88. The van der Waals surface area contributed by atoms with Crippen LogP contribution in [0.3, 0.4) is 0 Å². The number of nitrogens with one attached hydrogen (secondary N) is 1. The van der Waals surface area contributed by atoms with Crippen LogP contribution in [-0.2, 0) is 14.8 Å². The van der Waals surface area contributed by atoms with E-state index in [0.717, 1.165) is 6.07 Å². The minimum Gasteiger partial charge on any atom is -0.322 e. The van der Waals surface area contributed by atoms with Crippen LogP contribution in [-0.4, -0.2) is 62.0 Å². The molecular formula is C16H23F2N3O3S. The predicted molar refractivity (Wildman–Crippen MR) is 91.7 cm³/mol. The smallest absolute Gasteiger partial charge is 0.241 e. The molecule has 0 aromatic heterocycles. The fraction of sp³-hybridized carbons (Fsp3) is 0.562. The molecule has 1 aromatic rings. The van der Waals surface area contributed by atoms with E-state index in [-0.39, 0.29) is 17.6 Å². The molecule has 0 saturated carbocycles. The van der Waals surface area contributed by atoms with Gasteiger partial charge in [0.2, 0.25) is 15.9 Å². The molecule has 140 valence electrons. The van der Waals surface area contributed by atoms with E-state index in [1.165, 1.54) is 16.6 Å². The van der Waals surface area contributed by atoms with Crippen LogP contribution in [0.1, 0.15) is 19.8 Å². The second kappa shape index (κ2) is 7.76. The number of nitrogens with zero attached hydrogens (tertiary/aromatic N) is 2. The molecule has 2 rings (SSSR count). The number of rotatable bonds is 5. The van der Waals surface area contributed by atoms with Crippen molar-refractivity contribution in [3.8, 4) is 0 Å². The number of amides is 1. The highest BCUT2D eigenvalue weighted by Crippen LogP contribution is 2.20. The Kier molecular flexibility index (Phi) is 6.12. The minimum absolute atomic E-state index is 0.0649. The maximum absolute atomic E-state index is 13.6. The van der Waals surface area contributed by atoms with Gasteiger partial charge in [0.15, 0.2) is 0 Å². The fourth-order valence-electron chi connectivity index (χ4n) is 2.90. The molecule has 1 amide bonds. The van der Waals surface area contributed by atoms with Crippen LogP contribution in [0.15, 0.2) is 18.2 Å². The molecule has 0 radical (unpaired) electrons. The lowest BCUT2D eigenvalue weighted by Crippen LogP contribution is -2.50. The lowest BCUT2D eigenvalue weighted by Gasteiger charge is -2.38. The molecule has 1 unspecified atom stereocenters. The first kappa shape index (κ1) is 19.7. The first-order chi connectivity index (χ1) is 11.6. The molecule has 1 saturated heterocycles. The maximum atomic E-state index is 13.6. The molecule has 1 aliphatic heterocycles. The molecule has 0 aliphatic carbocycles. The first-order valence-electron chi connectivity index (χ1n) is 8.02. The Hall–Kier alpha value is -1.58. The van der Waals surface area contributed by atoms with E-state index < -0.39 is 27.7 Å². The van der Waals surface area contributed by atoms with Crippen LogP contribution >= 0.6 is 0 Å². The number of likely N-dealkylation sites (tertiary alicyclic amines) is 1. The zero-order valence-electron chi connectivity index (χ0n) is 14.5. The van der Waals surface area contributed by atoms with Gasteiger partial charge in [0.05, 0.1) is 18.0 Å². The zero-order chi connectivity index (χ0) is 18.8. The molecule has 1 aliphatic rings. The average Bonchev–Trinajstić information content (AvgIpc) is 2.55. The van der Waals surface area contributed by atoms with Gasteiger partial charge in [-0.3, -0.25) is 9.69 Å². The quantitative estimate of drug-likeness (QED) is 0.850. The summed E-state index contributed by atoms with van der Waals surface area (Å²) in [7, 11) is -1.68. The number of halogens is 2. The Morgan fingerprint density at radius 3 is 2.44 bits per heavy atom. The van der Waals surface area contributed by atoms with Crippen molar-refractivity contribution < 1.29 is 22.0 Å². The molecule has 6 nitrogen and oxygen atoms in total. The van der Waals surface area contributed by atoms with E-state index >= 15 is 0 Å². The summed E-state index contributed by atoms with van der Waals surface area (Å²) in [5.41, 5.74) is -0.0649. The molecule has 1 N–H and O–H groups in total. The van der Waals surface area contributed by atoms with Gasteiger partial charge in [0.1, 0.15) is 11.6 Å². The van der Waals surface area contributed by atoms with Crippen LogP contribution in [0, 0.1) is 11.6 Å². The third kappa shape index (κ3) is 4.96. The van der Waals surface area contributed by atoms with Crippen LogP contribution in [0.4, 0.5) is 14.5 Å². The monoisotopic (exact) mass is 375 g/mol. The third-order valence-corrected chi connectivity index (χ3v) is 6.00. The highest BCUT2D eigenvalue weighted by atomic mass is 32.2. The third-order valence-electron chi connectivity index (χ3n) is 4.65. The molecule has 25 heavy (non-hydrogen) atoms. The summed E-state index contributed by atoms with van der Waals surface area (Å²) in [6.07, 6.45) is 2.41. The number of anilines is 1. The normalized spacial score (nSPS) is 18.3. The number of piperidine rings is 1. The SMILES string of the molecule is CC(C(=O)Nc1ccc(F)cc1F)N1CCC(N(C)S(C)(=O)=O)CC1. The van der Waals surface area contributed by atoms with Crippen molar-refractivity contribution in [1.82, 2.24) is 9.21 Å². The Bertz CT molecular complexity index is 734. The largest absolute Gasteiger partial charge is 0.322 e. The molecular weight excluding hydrogens is 352 g/mol. The van der Waals surface area contributed by atoms with E-state index in [1.807, 2.05) is 4.90 Å². The van der Waals surface area contributed by atoms with Crippen molar-refractivity contribution in [2.45, 2.75) is 31.8 Å². The van der Waals surface area contributed by atoms with Gasteiger partial charge in [-0.05, 0) is 31.9 Å². The van der Waals surface area contributed by atoms with E-state index in [0.29, 0.717) is 32.0 Å². The number of carbonyl (C=O) groups is 1. The number of hydrogen-bond acceptors (Lipinski definition) is 4. The van der Waals surface area contributed by atoms with Gasteiger partial charge in [0, 0.05) is 32.2 Å². The van der Waals surface area contributed by atoms with Crippen molar-refractivity contribution in [3.63, 3.8) is 0 Å². The van der Waals surface area contributed by atoms with Gasteiger partial charge in [-0.15, -0.1) is 0 Å². The minimum atomic E-state index is -3.24. The number of benzene rings is 1. The Morgan fingerprint density at radius 2 is 1.92 bits per heavy atom. The van der Waals surface area contributed by atoms with Gasteiger partial charge in [0.25, 0.3) is 0 Å². The van der Waals surface area contributed by atoms with Gasteiger partial charge in [-0.2, -0.15) is 0 Å². The van der Waals surface area contributed by atoms with Gasteiger partial charge < -0.3 is 5.32 Å². The summed E-state index contributed by atoms with van der Waals surface area (Å²) in [6.45, 7) is 2.83. The molecule has 1 heterocycles. The van der Waals surface area contributed by atoms with E-state index in [2.05, 4.69) is 5.32 Å². The van der Waals surface area contributed by atoms with E-state index in [9.17, 15) is 22.0 Å². The summed E-state index contributed by atoms with van der Waals surface area (Å²) in [5.74, 6) is -1.92. The molecule has 1 fully saturated rings. The maximum Gasteiger partial charge on any atom is 0.241 e. The Labute approximate surface area is 146 Å². The second-order valence-electron chi connectivity index (χ2n) is 6.34. The van der Waals surface area contributed by atoms with Crippen LogP contribution < -0.4 is 5.32 Å². The van der Waals surface area contributed by atoms with Crippen LogP contribution in [0.25, 0.3) is 0 Å². The zero-order valence-corrected chi connectivity index (χ0v) is 15.3. The van der Waals surface area contributed by atoms with Crippen LogP contribution in [0.5, 0.6) is 0 Å². The topological polar surface area (TPSA) is 69.7 Å². The lowest BCUT2D eigenvalue weighted by molar-refractivity contribution is -0.121. The van der Waals surface area contributed by atoms with Crippen molar-refractivity contribution in [2.75, 3.05) is 31.7 Å². The van der Waals surface area contributed by atoms with E-state index in [4.69, 9.17) is 0 Å². The van der Waals surface area contributed by atoms with E-state index in [1.54, 1.807) is 14.0 Å². The average molecular weight is 375 g/mol. The standard InChI is InChI=1S/C16H23F2N3O3S/c1-11(16(22)19-15-5-4-12(17)10-14(15)18)21-8-6-13(7-9-21)20(2)25(3,23)24/h4-5,10-11,13H,6-9H2,1-3H3,(H,19,22). The molecule has 1 atom stereocenters. The summed E-state index contributed by atoms with van der Waals surface area (Å²) >= 11 is 0. The molecule has 9 heteroatoms. The predicted octanol–water partition coefficient (Wildman–Crippen LogP) is 1.65. The van der Waals surface area contributed by atoms with Crippen molar-refractivity contribution in [1.29, 1.82) is 0 Å². The van der Waals surface area contributed by atoms with Crippen molar-refractivity contribution in [2.24, 2.45) is 0 Å². The molecule has 0 bridgehead atoms. The lowest BCUT2D eigenvalue weighted by atomic mass is 10.0. The Morgan fingerprint density at radius 1 is 1.32 bits per heavy atom. The summed E-state index contributed by atoms with van der Waals surface area (Å²) < 4.78 is 51.1. The summed E-state index contributed by atoms with van der Waals surface area (Å²) in [5, 5.41) is 2.46.